The maximum absolute atomic E-state index is 12.1. The largest absolute Gasteiger partial charge is 0.399 e. The zero-order valence-corrected chi connectivity index (χ0v) is 11.5. The Hall–Kier alpha value is -2.07. The van der Waals surface area contributed by atoms with Crippen molar-refractivity contribution in [1.82, 2.24) is 4.98 Å². The van der Waals surface area contributed by atoms with E-state index in [2.05, 4.69) is 10.3 Å². The highest BCUT2D eigenvalue weighted by atomic mass is 35.5. The first-order chi connectivity index (χ1) is 8.97. The monoisotopic (exact) mass is 275 g/mol. The molecule has 0 saturated carbocycles. The Bertz CT molecular complexity index is 641. The van der Waals surface area contributed by atoms with Crippen molar-refractivity contribution in [2.75, 3.05) is 11.1 Å². The van der Waals surface area contributed by atoms with Crippen molar-refractivity contribution in [3.8, 4) is 0 Å². The zero-order chi connectivity index (χ0) is 14.0. The molecule has 0 aliphatic rings. The Morgan fingerprint density at radius 1 is 1.32 bits per heavy atom. The number of amides is 1. The van der Waals surface area contributed by atoms with Gasteiger partial charge in [-0.05, 0) is 49.2 Å². The molecule has 0 aliphatic heterocycles. The summed E-state index contributed by atoms with van der Waals surface area (Å²) in [6, 6.07) is 6.90. The van der Waals surface area contributed by atoms with Crippen LogP contribution in [0.4, 0.5) is 11.4 Å². The van der Waals surface area contributed by atoms with Gasteiger partial charge in [-0.3, -0.25) is 4.79 Å². The van der Waals surface area contributed by atoms with E-state index < -0.39 is 0 Å². The molecule has 98 valence electrons. The molecule has 19 heavy (non-hydrogen) atoms. The summed E-state index contributed by atoms with van der Waals surface area (Å²) >= 11 is 5.94. The number of hydrogen-bond acceptors (Lipinski definition) is 3. The van der Waals surface area contributed by atoms with Crippen LogP contribution in [-0.4, -0.2) is 10.9 Å². The number of aromatic nitrogens is 1. The highest BCUT2D eigenvalue weighted by Gasteiger charge is 2.10. The van der Waals surface area contributed by atoms with Crippen LogP contribution in [0, 0.1) is 13.8 Å². The molecule has 2 rings (SSSR count). The molecule has 0 fully saturated rings. The molecule has 3 N–H and O–H groups in total. The Balaban J connectivity index is 2.25. The van der Waals surface area contributed by atoms with Crippen molar-refractivity contribution in [2.24, 2.45) is 0 Å². The summed E-state index contributed by atoms with van der Waals surface area (Å²) in [5.74, 6) is -0.239. The van der Waals surface area contributed by atoms with Crippen molar-refractivity contribution in [3.05, 3.63) is 52.3 Å². The minimum Gasteiger partial charge on any atom is -0.399 e. The van der Waals surface area contributed by atoms with Crippen LogP contribution in [0.3, 0.4) is 0 Å². The minimum absolute atomic E-state index is 0.239. The van der Waals surface area contributed by atoms with Crippen molar-refractivity contribution in [1.29, 1.82) is 0 Å². The van der Waals surface area contributed by atoms with Gasteiger partial charge >= 0.3 is 0 Å². The van der Waals surface area contributed by atoms with E-state index in [1.165, 1.54) is 0 Å². The number of anilines is 2. The number of hydrogen-bond donors (Lipinski definition) is 2. The third kappa shape index (κ3) is 3.03. The number of benzene rings is 1. The fraction of sp³-hybridized carbons (Fsp3) is 0.143. The third-order valence-electron chi connectivity index (χ3n) is 2.76. The molecule has 2 aromatic rings. The zero-order valence-electron chi connectivity index (χ0n) is 10.7. The summed E-state index contributed by atoms with van der Waals surface area (Å²) in [5.41, 5.74) is 9.20. The molecule has 4 nitrogen and oxygen atoms in total. The SMILES string of the molecule is Cc1cnc(Cl)c(NC(=O)c2ccc(N)c(C)c2)c1. The molecule has 1 heterocycles. The average Bonchev–Trinajstić information content (AvgIpc) is 2.37. The van der Waals surface area contributed by atoms with Gasteiger partial charge in [0.25, 0.3) is 5.91 Å². The smallest absolute Gasteiger partial charge is 0.255 e. The second-order valence-corrected chi connectivity index (χ2v) is 4.73. The van der Waals surface area contributed by atoms with E-state index >= 15 is 0 Å². The van der Waals surface area contributed by atoms with Gasteiger partial charge in [-0.2, -0.15) is 0 Å². The van der Waals surface area contributed by atoms with Crippen LogP contribution in [0.5, 0.6) is 0 Å². The molecule has 5 heteroatoms. The number of nitrogen functional groups attached to an aromatic ring is 1. The van der Waals surface area contributed by atoms with Gasteiger partial charge in [-0.15, -0.1) is 0 Å². The van der Waals surface area contributed by atoms with Gasteiger partial charge in [-0.25, -0.2) is 4.98 Å². The van der Waals surface area contributed by atoms with Crippen LogP contribution in [0.15, 0.2) is 30.5 Å². The topological polar surface area (TPSA) is 68.0 Å². The van der Waals surface area contributed by atoms with Gasteiger partial charge in [0.15, 0.2) is 5.15 Å². The summed E-state index contributed by atoms with van der Waals surface area (Å²) < 4.78 is 0. The first-order valence-corrected chi connectivity index (χ1v) is 6.15. The molecule has 0 aliphatic carbocycles. The van der Waals surface area contributed by atoms with Gasteiger partial charge in [0.05, 0.1) is 5.69 Å². The number of carbonyl (C=O) groups is 1. The Morgan fingerprint density at radius 2 is 2.05 bits per heavy atom. The number of pyridine rings is 1. The Morgan fingerprint density at radius 3 is 2.74 bits per heavy atom. The number of nitrogens with zero attached hydrogens (tertiary/aromatic N) is 1. The summed E-state index contributed by atoms with van der Waals surface area (Å²) in [7, 11) is 0. The van der Waals surface area contributed by atoms with Crippen LogP contribution in [0.25, 0.3) is 0 Å². The quantitative estimate of drug-likeness (QED) is 0.653. The number of rotatable bonds is 2. The van der Waals surface area contributed by atoms with E-state index in [1.54, 1.807) is 30.5 Å². The lowest BCUT2D eigenvalue weighted by molar-refractivity contribution is 0.102. The van der Waals surface area contributed by atoms with Gasteiger partial charge in [0.2, 0.25) is 0 Å². The summed E-state index contributed by atoms with van der Waals surface area (Å²) in [4.78, 5) is 16.1. The van der Waals surface area contributed by atoms with Crippen molar-refractivity contribution in [3.63, 3.8) is 0 Å². The summed E-state index contributed by atoms with van der Waals surface area (Å²) in [6.45, 7) is 3.74. The molecule has 0 atom stereocenters. The van der Waals surface area contributed by atoms with Crippen LogP contribution in [0.2, 0.25) is 5.15 Å². The molecule has 1 amide bonds. The molecular weight excluding hydrogens is 262 g/mol. The fourth-order valence-corrected chi connectivity index (χ4v) is 1.80. The second-order valence-electron chi connectivity index (χ2n) is 4.38. The highest BCUT2D eigenvalue weighted by molar-refractivity contribution is 6.32. The Labute approximate surface area is 116 Å². The first-order valence-electron chi connectivity index (χ1n) is 5.77. The molecule has 0 unspecified atom stereocenters. The van der Waals surface area contributed by atoms with Gasteiger partial charge < -0.3 is 11.1 Å². The fourth-order valence-electron chi connectivity index (χ4n) is 1.65. The predicted octanol–water partition coefficient (Wildman–Crippen LogP) is 3.19. The van der Waals surface area contributed by atoms with Crippen LogP contribution in [0.1, 0.15) is 21.5 Å². The average molecular weight is 276 g/mol. The maximum atomic E-state index is 12.1. The van der Waals surface area contributed by atoms with Crippen molar-refractivity contribution in [2.45, 2.75) is 13.8 Å². The van der Waals surface area contributed by atoms with E-state index in [4.69, 9.17) is 17.3 Å². The molecule has 0 spiro atoms. The van der Waals surface area contributed by atoms with Crippen molar-refractivity contribution >= 4 is 28.9 Å². The van der Waals surface area contributed by atoms with Crippen LogP contribution >= 0.6 is 11.6 Å². The number of carbonyl (C=O) groups excluding carboxylic acids is 1. The normalized spacial score (nSPS) is 10.3. The highest BCUT2D eigenvalue weighted by Crippen LogP contribution is 2.21. The lowest BCUT2D eigenvalue weighted by atomic mass is 10.1. The van der Waals surface area contributed by atoms with E-state index in [-0.39, 0.29) is 11.1 Å². The standard InChI is InChI=1S/C14H14ClN3O/c1-8-5-12(13(15)17-7-8)18-14(19)10-3-4-11(16)9(2)6-10/h3-7H,16H2,1-2H3,(H,18,19). The second kappa shape index (κ2) is 5.28. The predicted molar refractivity (Wildman–Crippen MR) is 77.5 cm³/mol. The van der Waals surface area contributed by atoms with Gasteiger partial charge in [0, 0.05) is 17.4 Å². The lowest BCUT2D eigenvalue weighted by Gasteiger charge is -2.08. The Kier molecular flexibility index (Phi) is 3.71. The minimum atomic E-state index is -0.239. The molecular formula is C14H14ClN3O. The van der Waals surface area contributed by atoms with Crippen LogP contribution in [-0.2, 0) is 0 Å². The molecule has 1 aromatic carbocycles. The summed E-state index contributed by atoms with van der Waals surface area (Å²) in [5, 5.41) is 3.01. The van der Waals surface area contributed by atoms with E-state index in [9.17, 15) is 4.79 Å². The number of nitrogens with one attached hydrogen (secondary N) is 1. The number of aryl methyl sites for hydroxylation is 2. The molecule has 0 saturated heterocycles. The van der Waals surface area contributed by atoms with E-state index in [1.807, 2.05) is 13.8 Å². The maximum Gasteiger partial charge on any atom is 0.255 e. The molecule has 1 aromatic heterocycles. The number of halogens is 1. The van der Waals surface area contributed by atoms with E-state index in [0.29, 0.717) is 16.9 Å². The molecule has 0 radical (unpaired) electrons. The first kappa shape index (κ1) is 13.4. The van der Waals surface area contributed by atoms with Crippen LogP contribution < -0.4 is 11.1 Å². The van der Waals surface area contributed by atoms with Gasteiger partial charge in [0.1, 0.15) is 0 Å². The third-order valence-corrected chi connectivity index (χ3v) is 3.06. The molecule has 0 bridgehead atoms. The van der Waals surface area contributed by atoms with Gasteiger partial charge in [-0.1, -0.05) is 11.6 Å². The van der Waals surface area contributed by atoms with E-state index in [0.717, 1.165) is 11.1 Å². The van der Waals surface area contributed by atoms with Crippen molar-refractivity contribution < 1.29 is 4.79 Å². The lowest BCUT2D eigenvalue weighted by Crippen LogP contribution is -2.13. The number of nitrogens with two attached hydrogens (primary N) is 1. The summed E-state index contributed by atoms with van der Waals surface area (Å²) in [6.07, 6.45) is 1.64.